The van der Waals surface area contributed by atoms with Crippen molar-refractivity contribution < 1.29 is 75.4 Å². The Balaban J connectivity index is 0.0000152. The Labute approximate surface area is 536 Å². The number of likely N-dealkylation sites (N-methyl/N-ethyl adjacent to an activating group) is 7. The van der Waals surface area contributed by atoms with Gasteiger partial charge in [-0.1, -0.05) is 109 Å². The fourth-order valence-corrected chi connectivity index (χ4v) is 10.7. The molecule has 0 aromatic heterocycles. The van der Waals surface area contributed by atoms with Crippen LogP contribution in [0.3, 0.4) is 0 Å². The summed E-state index contributed by atoms with van der Waals surface area (Å²) >= 11 is 0. The van der Waals surface area contributed by atoms with Gasteiger partial charge >= 0.3 is 10.4 Å². The van der Waals surface area contributed by atoms with Crippen molar-refractivity contribution in [3.05, 3.63) is 12.2 Å². The van der Waals surface area contributed by atoms with E-state index in [4.69, 9.17) is 17.5 Å². The van der Waals surface area contributed by atoms with Crippen molar-refractivity contribution in [3.8, 4) is 0 Å². The van der Waals surface area contributed by atoms with Crippen LogP contribution in [0.15, 0.2) is 12.2 Å². The Hall–Kier alpha value is -6.26. The van der Waals surface area contributed by atoms with E-state index >= 15 is 9.59 Å². The molecule has 27 nitrogen and oxygen atoms in total. The second kappa shape index (κ2) is 37.9. The summed E-state index contributed by atoms with van der Waals surface area (Å²) in [6.07, 6.45) is 3.04. The summed E-state index contributed by atoms with van der Waals surface area (Å²) in [5.74, 6) is -9.71. The number of hydrogen-bond acceptors (Lipinski definition) is 14. The van der Waals surface area contributed by atoms with E-state index in [1.807, 2.05) is 61.5 Å². The minimum absolute atomic E-state index is 0.0229. The van der Waals surface area contributed by atoms with Crippen molar-refractivity contribution in [2.45, 2.75) is 223 Å². The molecule has 0 aromatic carbocycles. The van der Waals surface area contributed by atoms with Crippen LogP contribution in [0.4, 0.5) is 0 Å². The van der Waals surface area contributed by atoms with Crippen molar-refractivity contribution in [2.75, 3.05) is 55.9 Å². The Morgan fingerprint density at radius 3 is 1.29 bits per heavy atom. The molecule has 0 spiro atoms. The van der Waals surface area contributed by atoms with E-state index in [1.165, 1.54) is 87.7 Å². The highest BCUT2D eigenvalue weighted by atomic mass is 32.3. The van der Waals surface area contributed by atoms with Gasteiger partial charge in [0.15, 0.2) is 0 Å². The fraction of sp³-hybridized carbons (Fsp3) is 0.790. The number of hydrogen-bond donors (Lipinski definition) is 7. The highest BCUT2D eigenvalue weighted by Gasteiger charge is 2.45. The highest BCUT2D eigenvalue weighted by Crippen LogP contribution is 2.26. The average Bonchev–Trinajstić information content (AvgIpc) is 1.02. The number of nitrogens with zero attached hydrogens (tertiary/aromatic N) is 7. The average molecular weight is 1300 g/mol. The van der Waals surface area contributed by atoms with Gasteiger partial charge in [-0.2, -0.15) is 8.42 Å². The fourth-order valence-electron chi connectivity index (χ4n) is 10.7. The molecule has 0 bridgehead atoms. The summed E-state index contributed by atoms with van der Waals surface area (Å²) in [6.45, 7) is 29.3. The Morgan fingerprint density at radius 2 is 0.867 bits per heavy atom. The Kier molecular flexibility index (Phi) is 35.3. The molecule has 0 aromatic rings. The van der Waals surface area contributed by atoms with E-state index in [2.05, 4.69) is 21.3 Å². The number of carbonyl (C=O) groups is 11. The predicted octanol–water partition coefficient (Wildman–Crippen LogP) is 2.62. The zero-order valence-corrected chi connectivity index (χ0v) is 59.0. The monoisotopic (exact) mass is 1300 g/mol. The lowest BCUT2D eigenvalue weighted by molar-refractivity contribution is -0.157. The maximum absolute atomic E-state index is 15.1. The predicted molar refractivity (Wildman–Crippen MR) is 343 cm³/mol. The molecule has 0 radical (unpaired) electrons. The van der Waals surface area contributed by atoms with Crippen molar-refractivity contribution in [1.29, 1.82) is 0 Å². The number of aliphatic hydroxyl groups is 1. The number of carbonyl (C=O) groups excluding carboxylic acids is 11. The maximum atomic E-state index is 15.1. The molecular weight excluding hydrogens is 1190 g/mol. The molecule has 28 heteroatoms. The van der Waals surface area contributed by atoms with Gasteiger partial charge in [0.25, 0.3) is 0 Å². The van der Waals surface area contributed by atoms with Crippen LogP contribution in [-0.2, 0) is 63.1 Å². The summed E-state index contributed by atoms with van der Waals surface area (Å²) in [5.41, 5.74) is 0. The van der Waals surface area contributed by atoms with Gasteiger partial charge in [0, 0.05) is 49.3 Å². The van der Waals surface area contributed by atoms with Crippen LogP contribution in [0.5, 0.6) is 0 Å². The van der Waals surface area contributed by atoms with Crippen LogP contribution in [0.2, 0.25) is 0 Å². The van der Waals surface area contributed by atoms with E-state index in [0.29, 0.717) is 6.42 Å². The van der Waals surface area contributed by atoms with E-state index in [-0.39, 0.29) is 55.8 Å². The molecule has 0 saturated carbocycles. The Morgan fingerprint density at radius 1 is 0.478 bits per heavy atom. The Bertz CT molecular complexity index is 2570. The smallest absolute Gasteiger partial charge is 0.390 e. The van der Waals surface area contributed by atoms with Gasteiger partial charge in [0.05, 0.1) is 12.6 Å². The largest absolute Gasteiger partial charge is 0.394 e. The van der Waals surface area contributed by atoms with Gasteiger partial charge in [0.2, 0.25) is 65.0 Å². The van der Waals surface area contributed by atoms with Crippen molar-refractivity contribution >= 4 is 75.4 Å². The lowest BCUT2D eigenvalue weighted by Gasteiger charge is -2.41. The molecule has 1 saturated heterocycles. The molecule has 0 unspecified atom stereocenters. The van der Waals surface area contributed by atoms with Crippen LogP contribution in [-0.4, -0.2) is 244 Å². The lowest BCUT2D eigenvalue weighted by Crippen LogP contribution is -2.63. The number of rotatable bonds is 15. The van der Waals surface area contributed by atoms with Gasteiger partial charge < -0.3 is 60.7 Å². The lowest BCUT2D eigenvalue weighted by atomic mass is 9.91. The molecule has 1 rings (SSSR count). The van der Waals surface area contributed by atoms with Gasteiger partial charge in [-0.05, 0) is 101 Å². The summed E-state index contributed by atoms with van der Waals surface area (Å²) in [7, 11) is 5.25. The number of aliphatic hydroxyl groups excluding tert-OH is 1. The third-order valence-electron chi connectivity index (χ3n) is 16.1. The molecule has 12 atom stereocenters. The summed E-state index contributed by atoms with van der Waals surface area (Å²) < 4.78 is 31.6. The SMILES string of the molecule is C/C=C/C[C@@H](C)[C@@H](O)[C@H]1C(=O)N[C@@H](CC)C(=O)N(C)CC(=O)N(C)[C@@H](CC(C)C)C(=O)N[C@@H](C(C)C)C(=O)N(C)[C@@H](CC(C)C)C(=O)N[C@@H](C)C(=O)N[C@H](C)C(=O)N(C)[C@@H](CC(C)C)C(=O)N(C)[C@@H](CC(C)C)C(=O)N(C)[C@@H](C(C)C)C(=O)N1C.O=S(=O)(O)O. The van der Waals surface area contributed by atoms with Crippen LogP contribution in [0.1, 0.15) is 156 Å². The van der Waals surface area contributed by atoms with Crippen LogP contribution in [0.25, 0.3) is 0 Å². The molecule has 1 fully saturated rings. The van der Waals surface area contributed by atoms with Crippen molar-refractivity contribution in [2.24, 2.45) is 41.4 Å². The summed E-state index contributed by atoms with van der Waals surface area (Å²) in [5, 5.41) is 23.1. The van der Waals surface area contributed by atoms with Gasteiger partial charge in [-0.15, -0.1) is 0 Å². The van der Waals surface area contributed by atoms with Gasteiger partial charge in [-0.25, -0.2) is 0 Å². The molecule has 7 N–H and O–H groups in total. The minimum Gasteiger partial charge on any atom is -0.390 e. The first kappa shape index (κ1) is 83.7. The topological polar surface area (TPSA) is 353 Å². The third-order valence-corrected chi connectivity index (χ3v) is 16.1. The first-order chi connectivity index (χ1) is 41.2. The van der Waals surface area contributed by atoms with Crippen molar-refractivity contribution in [1.82, 2.24) is 55.6 Å². The van der Waals surface area contributed by atoms with Crippen molar-refractivity contribution in [3.63, 3.8) is 0 Å². The second-order valence-electron chi connectivity index (χ2n) is 26.5. The van der Waals surface area contributed by atoms with E-state index in [1.54, 1.807) is 54.5 Å². The normalized spacial score (nSPS) is 26.1. The number of nitrogens with one attached hydrogen (secondary N) is 4. The zero-order chi connectivity index (χ0) is 70.5. The highest BCUT2D eigenvalue weighted by molar-refractivity contribution is 7.79. The zero-order valence-electron chi connectivity index (χ0n) is 58.2. The minimum atomic E-state index is -4.67. The molecule has 90 heavy (non-hydrogen) atoms. The van der Waals surface area contributed by atoms with Gasteiger partial charge in [-0.3, -0.25) is 61.8 Å². The number of amides is 11. The third kappa shape index (κ3) is 25.8. The standard InChI is InChI=1S/C62H111N11O12.H2O4S/c1-25-27-28-40(15)52(75)51-56(79)65-43(26-2)58(81)67(18)33-48(74)68(19)44(29-34(3)4)55(78)66-49(38(11)12)61(84)69(20)45(30-35(5)6)54(77)63-41(16)53(76)64-42(17)57(80)70(21)46(31-36(7)8)59(82)71(22)47(32-37(9)10)60(83)72(23)50(39(13)14)62(85)73(51)24;1-5(2,3)4/h25,27,34-47,49-52,75H,26,28-33H2,1-24H3,(H,63,77)(H,64,76)(H,65,79)(H,66,78);(H2,1,2,3,4)/b27-25+;/t40-,41+,42-,43+,44+,45+,46+,47+,49+,50+,51+,52-;/m1./s1. The van der Waals surface area contributed by atoms with Crippen LogP contribution in [0, 0.1) is 41.4 Å². The first-order valence-corrected chi connectivity index (χ1v) is 32.7. The molecule has 11 amide bonds. The van der Waals surface area contributed by atoms with E-state index < -0.39 is 166 Å². The maximum Gasteiger partial charge on any atom is 0.394 e. The molecule has 0 aliphatic carbocycles. The molecular formula is C62H113N11O16S. The van der Waals surface area contributed by atoms with Gasteiger partial charge in [0.1, 0.15) is 60.4 Å². The summed E-state index contributed by atoms with van der Waals surface area (Å²) in [6, 6.07) is -12.3. The number of allylic oxidation sites excluding steroid dienone is 2. The molecule has 1 aliphatic heterocycles. The van der Waals surface area contributed by atoms with E-state index in [0.717, 1.165) is 9.80 Å². The molecule has 1 aliphatic rings. The van der Waals surface area contributed by atoms with Crippen LogP contribution >= 0.6 is 0 Å². The van der Waals surface area contributed by atoms with Crippen LogP contribution < -0.4 is 21.3 Å². The summed E-state index contributed by atoms with van der Waals surface area (Å²) in [4.78, 5) is 169. The molecule has 518 valence electrons. The molecule has 1 heterocycles. The second-order valence-corrected chi connectivity index (χ2v) is 27.4. The first-order valence-electron chi connectivity index (χ1n) is 31.3. The quantitative estimate of drug-likeness (QED) is 0.0915. The van der Waals surface area contributed by atoms with E-state index in [9.17, 15) is 48.3 Å².